The predicted molar refractivity (Wildman–Crippen MR) is 133 cm³/mol. The van der Waals surface area contributed by atoms with E-state index in [9.17, 15) is 18.0 Å². The van der Waals surface area contributed by atoms with Crippen molar-refractivity contribution < 1.29 is 18.0 Å². The third-order valence-corrected chi connectivity index (χ3v) is 6.47. The Labute approximate surface area is 205 Å². The summed E-state index contributed by atoms with van der Waals surface area (Å²) in [5.41, 5.74) is 1.17. The minimum Gasteiger partial charge on any atom is -0.352 e. The fourth-order valence-electron chi connectivity index (χ4n) is 3.27. The highest BCUT2D eigenvalue weighted by molar-refractivity contribution is 7.92. The van der Waals surface area contributed by atoms with Gasteiger partial charge in [0.1, 0.15) is 12.6 Å². The summed E-state index contributed by atoms with van der Waals surface area (Å²) in [6, 6.07) is 13.0. The van der Waals surface area contributed by atoms with Crippen LogP contribution in [0.3, 0.4) is 0 Å². The molecule has 0 saturated heterocycles. The Morgan fingerprint density at radius 2 is 1.58 bits per heavy atom. The molecule has 0 bridgehead atoms. The van der Waals surface area contributed by atoms with Crippen LogP contribution in [-0.4, -0.2) is 56.6 Å². The van der Waals surface area contributed by atoms with E-state index in [1.165, 1.54) is 23.1 Å². The quantitative estimate of drug-likeness (QED) is 0.524. The molecule has 7 nitrogen and oxygen atoms in total. The largest absolute Gasteiger partial charge is 0.352 e. The molecule has 0 aliphatic carbocycles. The lowest BCUT2D eigenvalue weighted by molar-refractivity contribution is -0.139. The fourth-order valence-corrected chi connectivity index (χ4v) is 4.62. The van der Waals surface area contributed by atoms with Crippen molar-refractivity contribution in [3.05, 3.63) is 64.1 Å². The molecular weight excluding hydrogens is 485 g/mol. The number of sulfonamides is 1. The van der Waals surface area contributed by atoms with E-state index in [0.29, 0.717) is 6.42 Å². The molecule has 0 aliphatic rings. The molecule has 1 N–H and O–H groups in total. The van der Waals surface area contributed by atoms with Crippen LogP contribution in [0.15, 0.2) is 48.5 Å². The summed E-state index contributed by atoms with van der Waals surface area (Å²) in [6.07, 6.45) is 1.51. The molecular formula is C23H29Cl2N3O4S. The van der Waals surface area contributed by atoms with Crippen molar-refractivity contribution >= 4 is 50.7 Å². The van der Waals surface area contributed by atoms with Crippen LogP contribution in [0.1, 0.15) is 26.3 Å². The molecule has 10 heteroatoms. The highest BCUT2D eigenvalue weighted by Gasteiger charge is 2.30. The van der Waals surface area contributed by atoms with Crippen LogP contribution in [0.2, 0.25) is 10.0 Å². The second-order valence-corrected chi connectivity index (χ2v) is 10.8. The molecule has 1 unspecified atom stereocenters. The number of benzene rings is 2. The van der Waals surface area contributed by atoms with E-state index in [4.69, 9.17) is 23.2 Å². The van der Waals surface area contributed by atoms with Crippen molar-refractivity contribution in [3.63, 3.8) is 0 Å². The van der Waals surface area contributed by atoms with Crippen LogP contribution in [-0.2, 0) is 26.0 Å². The smallest absolute Gasteiger partial charge is 0.244 e. The zero-order chi connectivity index (χ0) is 24.8. The van der Waals surface area contributed by atoms with Crippen LogP contribution in [0.5, 0.6) is 0 Å². The summed E-state index contributed by atoms with van der Waals surface area (Å²) in [6.45, 7) is 5.03. The van der Waals surface area contributed by atoms with Gasteiger partial charge in [-0.25, -0.2) is 8.42 Å². The zero-order valence-corrected chi connectivity index (χ0v) is 21.4. The highest BCUT2D eigenvalue weighted by Crippen LogP contribution is 2.27. The molecule has 2 aromatic carbocycles. The lowest BCUT2D eigenvalue weighted by atomic mass is 10.1. The monoisotopic (exact) mass is 513 g/mol. The van der Waals surface area contributed by atoms with E-state index in [-0.39, 0.29) is 34.2 Å². The van der Waals surface area contributed by atoms with Gasteiger partial charge in [0.25, 0.3) is 0 Å². The molecule has 0 heterocycles. The summed E-state index contributed by atoms with van der Waals surface area (Å²) in [5, 5.41) is 3.29. The lowest BCUT2D eigenvalue weighted by Gasteiger charge is -2.32. The van der Waals surface area contributed by atoms with Crippen molar-refractivity contribution in [1.29, 1.82) is 0 Å². The third kappa shape index (κ3) is 8.21. The Kier molecular flexibility index (Phi) is 9.57. The molecule has 0 aromatic heterocycles. The number of carbonyl (C=O) groups excluding carboxylic acids is 2. The van der Waals surface area contributed by atoms with Gasteiger partial charge in [0.2, 0.25) is 21.8 Å². The van der Waals surface area contributed by atoms with Crippen molar-refractivity contribution in [2.45, 2.75) is 39.3 Å². The molecule has 2 rings (SSSR count). The maximum absolute atomic E-state index is 13.4. The fraction of sp³-hybridized carbons (Fsp3) is 0.391. The predicted octanol–water partition coefficient (Wildman–Crippen LogP) is 3.74. The summed E-state index contributed by atoms with van der Waals surface area (Å²) < 4.78 is 26.0. The number of amides is 2. The molecule has 0 aliphatic heterocycles. The van der Waals surface area contributed by atoms with E-state index in [0.717, 1.165) is 16.1 Å². The minimum atomic E-state index is -3.84. The third-order valence-electron chi connectivity index (χ3n) is 4.90. The Hall–Kier alpha value is -2.29. The van der Waals surface area contributed by atoms with E-state index in [1.807, 2.05) is 44.2 Å². The van der Waals surface area contributed by atoms with Crippen molar-refractivity contribution in [2.75, 3.05) is 23.7 Å². The van der Waals surface area contributed by atoms with Gasteiger partial charge in [0.05, 0.1) is 11.9 Å². The highest BCUT2D eigenvalue weighted by atomic mass is 35.5. The maximum Gasteiger partial charge on any atom is 0.244 e. The van der Waals surface area contributed by atoms with E-state index >= 15 is 0 Å². The topological polar surface area (TPSA) is 86.8 Å². The first-order valence-electron chi connectivity index (χ1n) is 10.5. The van der Waals surface area contributed by atoms with Gasteiger partial charge >= 0.3 is 0 Å². The second-order valence-electron chi connectivity index (χ2n) is 8.06. The summed E-state index contributed by atoms with van der Waals surface area (Å²) in [7, 11) is -3.84. The van der Waals surface area contributed by atoms with Crippen LogP contribution in [0.25, 0.3) is 0 Å². The van der Waals surface area contributed by atoms with Gasteiger partial charge in [-0.05, 0) is 51.0 Å². The lowest BCUT2D eigenvalue weighted by Crippen LogP contribution is -2.53. The molecule has 0 saturated carbocycles. The molecule has 1 atom stereocenters. The average Bonchev–Trinajstić information content (AvgIpc) is 2.70. The number of rotatable bonds is 10. The number of hydrogen-bond acceptors (Lipinski definition) is 4. The molecule has 0 spiro atoms. The first-order valence-corrected chi connectivity index (χ1v) is 13.1. The van der Waals surface area contributed by atoms with Gasteiger partial charge in [0, 0.05) is 22.6 Å². The standard InChI is InChI=1S/C23H29Cl2N3O4S/c1-16(2)26-23(30)17(3)27(11-10-18-8-6-5-7-9-18)22(29)15-28(33(4,31)32)21-13-19(24)12-20(25)14-21/h5-9,12-14,16-17H,10-11,15H2,1-4H3,(H,26,30). The number of anilines is 1. The molecule has 2 aromatic rings. The maximum atomic E-state index is 13.4. The van der Waals surface area contributed by atoms with E-state index in [2.05, 4.69) is 5.32 Å². The van der Waals surface area contributed by atoms with Crippen molar-refractivity contribution in [2.24, 2.45) is 0 Å². The normalized spacial score (nSPS) is 12.3. The van der Waals surface area contributed by atoms with Gasteiger partial charge in [-0.1, -0.05) is 53.5 Å². The Balaban J connectivity index is 2.34. The number of carbonyl (C=O) groups is 2. The van der Waals surface area contributed by atoms with Crippen LogP contribution >= 0.6 is 23.2 Å². The molecule has 2 amide bonds. The molecule has 33 heavy (non-hydrogen) atoms. The second kappa shape index (κ2) is 11.7. The molecule has 0 fully saturated rings. The first-order chi connectivity index (χ1) is 15.4. The van der Waals surface area contributed by atoms with Crippen LogP contribution in [0, 0.1) is 0 Å². The van der Waals surface area contributed by atoms with Crippen LogP contribution < -0.4 is 9.62 Å². The summed E-state index contributed by atoms with van der Waals surface area (Å²) in [4.78, 5) is 27.4. The van der Waals surface area contributed by atoms with Gasteiger partial charge in [-0.3, -0.25) is 13.9 Å². The van der Waals surface area contributed by atoms with Gasteiger partial charge in [-0.2, -0.15) is 0 Å². The SMILES string of the molecule is CC(C)NC(=O)C(C)N(CCc1ccccc1)C(=O)CN(c1cc(Cl)cc(Cl)c1)S(C)(=O)=O. The number of nitrogens with one attached hydrogen (secondary N) is 1. The number of halogens is 2. The Bertz CT molecular complexity index is 1060. The van der Waals surface area contributed by atoms with Crippen LogP contribution in [0.4, 0.5) is 5.69 Å². The number of nitrogens with zero attached hydrogens (tertiary/aromatic N) is 2. The van der Waals surface area contributed by atoms with Crippen molar-refractivity contribution in [3.8, 4) is 0 Å². The number of hydrogen-bond donors (Lipinski definition) is 1. The molecule has 180 valence electrons. The first kappa shape index (κ1) is 27.0. The zero-order valence-electron chi connectivity index (χ0n) is 19.1. The van der Waals surface area contributed by atoms with Gasteiger partial charge in [0.15, 0.2) is 0 Å². The molecule has 0 radical (unpaired) electrons. The Morgan fingerprint density at radius 3 is 2.09 bits per heavy atom. The summed E-state index contributed by atoms with van der Waals surface area (Å²) >= 11 is 12.1. The van der Waals surface area contributed by atoms with E-state index in [1.54, 1.807) is 6.92 Å². The average molecular weight is 514 g/mol. The van der Waals surface area contributed by atoms with E-state index < -0.39 is 28.5 Å². The Morgan fingerprint density at radius 1 is 1.00 bits per heavy atom. The minimum absolute atomic E-state index is 0.104. The van der Waals surface area contributed by atoms with Gasteiger partial charge < -0.3 is 10.2 Å². The van der Waals surface area contributed by atoms with Gasteiger partial charge in [-0.15, -0.1) is 0 Å². The summed E-state index contributed by atoms with van der Waals surface area (Å²) in [5.74, 6) is -0.832. The van der Waals surface area contributed by atoms with Crippen molar-refractivity contribution in [1.82, 2.24) is 10.2 Å².